The van der Waals surface area contributed by atoms with Gasteiger partial charge in [-0.2, -0.15) is 8.78 Å². The first-order chi connectivity index (χ1) is 13.6. The number of ether oxygens (including phenoxy) is 1. The van der Waals surface area contributed by atoms with Crippen molar-refractivity contribution in [2.75, 3.05) is 13.6 Å². The Kier molecular flexibility index (Phi) is 6.78. The number of nitrogens with one attached hydrogen (secondary N) is 2. The number of aliphatic imine (C=N–C) groups is 1. The number of aliphatic hydroxyl groups excluding tert-OH is 1. The second kappa shape index (κ2) is 9.48. The van der Waals surface area contributed by atoms with Gasteiger partial charge in [0.05, 0.1) is 0 Å². The van der Waals surface area contributed by atoms with Gasteiger partial charge in [0.1, 0.15) is 11.9 Å². The molecule has 3 rings (SSSR count). The van der Waals surface area contributed by atoms with E-state index in [1.165, 1.54) is 6.07 Å². The van der Waals surface area contributed by atoms with Crippen molar-refractivity contribution in [2.45, 2.75) is 19.3 Å². The largest absolute Gasteiger partial charge is 0.434 e. The minimum Gasteiger partial charge on any atom is -0.434 e. The minimum atomic E-state index is -2.88. The quantitative estimate of drug-likeness (QED) is 0.412. The van der Waals surface area contributed by atoms with Crippen LogP contribution in [0, 0.1) is 0 Å². The lowest BCUT2D eigenvalue weighted by Gasteiger charge is -2.16. The first-order valence-electron chi connectivity index (χ1n) is 8.70. The Bertz CT molecular complexity index is 913. The Morgan fingerprint density at radius 3 is 2.64 bits per heavy atom. The zero-order valence-corrected chi connectivity index (χ0v) is 16.0. The Morgan fingerprint density at radius 2 is 1.89 bits per heavy atom. The minimum absolute atomic E-state index is 0.116. The molecule has 1 heterocycles. The number of aliphatic hydroxyl groups is 1. The van der Waals surface area contributed by atoms with Crippen molar-refractivity contribution in [3.8, 4) is 5.75 Å². The highest BCUT2D eigenvalue weighted by Gasteiger charge is 2.13. The van der Waals surface area contributed by atoms with E-state index in [0.29, 0.717) is 11.5 Å². The molecule has 0 saturated carbocycles. The number of rotatable bonds is 7. The van der Waals surface area contributed by atoms with Crippen molar-refractivity contribution in [2.24, 2.45) is 4.99 Å². The molecule has 3 aromatic rings. The maximum absolute atomic E-state index is 12.5. The van der Waals surface area contributed by atoms with E-state index in [2.05, 4.69) is 20.4 Å². The predicted molar refractivity (Wildman–Crippen MR) is 108 cm³/mol. The number of thiophene rings is 1. The van der Waals surface area contributed by atoms with Crippen molar-refractivity contribution in [3.63, 3.8) is 0 Å². The lowest BCUT2D eigenvalue weighted by Crippen LogP contribution is -2.39. The van der Waals surface area contributed by atoms with E-state index in [9.17, 15) is 13.9 Å². The number of nitrogens with zero attached hydrogens (tertiary/aromatic N) is 1. The third kappa shape index (κ3) is 5.17. The van der Waals surface area contributed by atoms with Gasteiger partial charge >= 0.3 is 6.61 Å². The Balaban J connectivity index is 1.56. The molecule has 0 aliphatic carbocycles. The molecule has 148 valence electrons. The molecule has 0 fully saturated rings. The summed E-state index contributed by atoms with van der Waals surface area (Å²) in [5, 5.41) is 17.6. The number of benzene rings is 2. The molecule has 1 atom stereocenters. The SMILES string of the molecule is CN=C(NCc1ccccc1OC(F)F)NCC(O)c1cc2ccccc2s1. The standard InChI is InChI=1S/C20H21F2N3O2S/c1-23-20(24-11-14-7-2-4-8-16(14)27-19(21)22)25-12-15(26)18-10-13-6-3-5-9-17(13)28-18/h2-10,15,19,26H,11-12H2,1H3,(H2,23,24,25). The Morgan fingerprint density at radius 1 is 1.14 bits per heavy atom. The first-order valence-corrected chi connectivity index (χ1v) is 9.52. The molecule has 2 aromatic carbocycles. The number of fused-ring (bicyclic) bond motifs is 1. The van der Waals surface area contributed by atoms with E-state index < -0.39 is 12.7 Å². The summed E-state index contributed by atoms with van der Waals surface area (Å²) in [7, 11) is 1.60. The fourth-order valence-corrected chi connectivity index (χ4v) is 3.77. The molecule has 0 radical (unpaired) electrons. The summed E-state index contributed by atoms with van der Waals surface area (Å²) in [4.78, 5) is 4.96. The lowest BCUT2D eigenvalue weighted by molar-refractivity contribution is -0.0504. The summed E-state index contributed by atoms with van der Waals surface area (Å²) in [5.41, 5.74) is 0.579. The fourth-order valence-electron chi connectivity index (χ4n) is 2.72. The maximum Gasteiger partial charge on any atom is 0.387 e. The van der Waals surface area contributed by atoms with Crippen LogP contribution in [-0.4, -0.2) is 31.3 Å². The van der Waals surface area contributed by atoms with Crippen LogP contribution in [0.1, 0.15) is 16.5 Å². The van der Waals surface area contributed by atoms with Gasteiger partial charge < -0.3 is 20.5 Å². The Labute approximate surface area is 165 Å². The van der Waals surface area contributed by atoms with Gasteiger partial charge in [0.2, 0.25) is 0 Å². The summed E-state index contributed by atoms with van der Waals surface area (Å²) in [6.07, 6.45) is -0.689. The van der Waals surface area contributed by atoms with Crippen LogP contribution in [0.5, 0.6) is 5.75 Å². The van der Waals surface area contributed by atoms with Crippen molar-refractivity contribution in [3.05, 3.63) is 65.0 Å². The predicted octanol–water partition coefficient (Wildman–Crippen LogP) is 3.90. The van der Waals surface area contributed by atoms with Crippen molar-refractivity contribution < 1.29 is 18.6 Å². The molecule has 0 aliphatic heterocycles. The third-order valence-corrected chi connectivity index (χ3v) is 5.31. The van der Waals surface area contributed by atoms with Crippen LogP contribution in [0.2, 0.25) is 0 Å². The third-order valence-electron chi connectivity index (χ3n) is 4.09. The Hall–Kier alpha value is -2.71. The van der Waals surface area contributed by atoms with Gasteiger partial charge in [-0.3, -0.25) is 4.99 Å². The van der Waals surface area contributed by atoms with Crippen LogP contribution in [-0.2, 0) is 6.54 Å². The molecule has 0 aliphatic rings. The highest BCUT2D eigenvalue weighted by atomic mass is 32.1. The van der Waals surface area contributed by atoms with Gasteiger partial charge in [-0.15, -0.1) is 11.3 Å². The smallest absolute Gasteiger partial charge is 0.387 e. The van der Waals surface area contributed by atoms with E-state index in [4.69, 9.17) is 0 Å². The molecule has 0 spiro atoms. The average molecular weight is 405 g/mol. The summed E-state index contributed by atoms with van der Waals surface area (Å²) in [5.74, 6) is 0.567. The van der Waals surface area contributed by atoms with Crippen LogP contribution in [0.25, 0.3) is 10.1 Å². The molecule has 5 nitrogen and oxygen atoms in total. The second-order valence-electron chi connectivity index (χ2n) is 6.00. The van der Waals surface area contributed by atoms with Crippen molar-refractivity contribution >= 4 is 27.4 Å². The molecule has 0 amide bonds. The van der Waals surface area contributed by atoms with Crippen molar-refractivity contribution in [1.29, 1.82) is 0 Å². The second-order valence-corrected chi connectivity index (χ2v) is 7.11. The number of hydrogen-bond donors (Lipinski definition) is 3. The molecular weight excluding hydrogens is 384 g/mol. The topological polar surface area (TPSA) is 65.9 Å². The summed E-state index contributed by atoms with van der Waals surface area (Å²) in [6.45, 7) is -2.36. The number of halogens is 2. The molecule has 0 saturated heterocycles. The summed E-state index contributed by atoms with van der Waals surface area (Å²) in [6, 6.07) is 16.5. The van der Waals surface area contributed by atoms with Crippen LogP contribution >= 0.6 is 11.3 Å². The van der Waals surface area contributed by atoms with Crippen LogP contribution < -0.4 is 15.4 Å². The van der Waals surface area contributed by atoms with Crippen LogP contribution in [0.15, 0.2) is 59.6 Å². The number of hydrogen-bond acceptors (Lipinski definition) is 4. The molecule has 8 heteroatoms. The first kappa shape index (κ1) is 20.0. The monoisotopic (exact) mass is 405 g/mol. The van der Waals surface area contributed by atoms with Gasteiger partial charge in [-0.25, -0.2) is 0 Å². The van der Waals surface area contributed by atoms with Gasteiger partial charge in [-0.1, -0.05) is 36.4 Å². The zero-order chi connectivity index (χ0) is 19.9. The van der Waals surface area contributed by atoms with Crippen LogP contribution in [0.3, 0.4) is 0 Å². The number of alkyl halides is 2. The molecular formula is C20H21F2N3O2S. The average Bonchev–Trinajstić information content (AvgIpc) is 3.13. The van der Waals surface area contributed by atoms with Gasteiger partial charge in [-0.05, 0) is 23.6 Å². The fraction of sp³-hybridized carbons (Fsp3) is 0.250. The normalized spacial score (nSPS) is 13.0. The highest BCUT2D eigenvalue weighted by Crippen LogP contribution is 2.29. The van der Waals surface area contributed by atoms with E-state index in [-0.39, 0.29) is 18.8 Å². The van der Waals surface area contributed by atoms with Crippen LogP contribution in [0.4, 0.5) is 8.78 Å². The number of para-hydroxylation sites is 1. The molecule has 28 heavy (non-hydrogen) atoms. The zero-order valence-electron chi connectivity index (χ0n) is 15.2. The van der Waals surface area contributed by atoms with Gasteiger partial charge in [0.15, 0.2) is 5.96 Å². The molecule has 0 bridgehead atoms. The van der Waals surface area contributed by atoms with E-state index in [1.54, 1.807) is 36.6 Å². The maximum atomic E-state index is 12.5. The molecule has 3 N–H and O–H groups in total. The van der Waals surface area contributed by atoms with E-state index in [1.807, 2.05) is 30.3 Å². The molecule has 1 aromatic heterocycles. The summed E-state index contributed by atoms with van der Waals surface area (Å²) >= 11 is 1.54. The lowest BCUT2D eigenvalue weighted by atomic mass is 10.2. The van der Waals surface area contributed by atoms with E-state index >= 15 is 0 Å². The van der Waals surface area contributed by atoms with Crippen molar-refractivity contribution in [1.82, 2.24) is 10.6 Å². The number of guanidine groups is 1. The van der Waals surface area contributed by atoms with Gasteiger partial charge in [0, 0.05) is 35.3 Å². The van der Waals surface area contributed by atoms with E-state index in [0.717, 1.165) is 15.0 Å². The van der Waals surface area contributed by atoms with Gasteiger partial charge in [0.25, 0.3) is 0 Å². The summed E-state index contributed by atoms with van der Waals surface area (Å²) < 4.78 is 30.7. The molecule has 1 unspecified atom stereocenters. The highest BCUT2D eigenvalue weighted by molar-refractivity contribution is 7.19.